The van der Waals surface area contributed by atoms with Crippen molar-refractivity contribution in [2.45, 2.75) is 4.90 Å². The van der Waals surface area contributed by atoms with Crippen LogP contribution in [0.15, 0.2) is 41.3 Å². The number of hydrogen-bond donors (Lipinski definition) is 3. The summed E-state index contributed by atoms with van der Waals surface area (Å²) >= 11 is 0. The summed E-state index contributed by atoms with van der Waals surface area (Å²) in [6.07, 6.45) is 0. The van der Waals surface area contributed by atoms with Gasteiger partial charge in [-0.15, -0.1) is 9.31 Å². The van der Waals surface area contributed by atoms with E-state index >= 15 is 0 Å². The van der Waals surface area contributed by atoms with E-state index in [2.05, 4.69) is 10.1 Å². The van der Waals surface area contributed by atoms with E-state index in [1.807, 2.05) is 0 Å². The number of nitrogens with zero attached hydrogens (tertiary/aromatic N) is 2. The number of carbonyl (C=O) groups excluding carboxylic acids is 1. The van der Waals surface area contributed by atoms with Crippen LogP contribution in [0.25, 0.3) is 0 Å². The lowest BCUT2D eigenvalue weighted by Crippen LogP contribution is -2.31. The van der Waals surface area contributed by atoms with E-state index in [-0.39, 0.29) is 32.5 Å². The number of fused-ring (bicyclic) bond motifs is 1. The van der Waals surface area contributed by atoms with E-state index in [4.69, 9.17) is 0 Å². The molecule has 0 atom stereocenters. The van der Waals surface area contributed by atoms with Crippen LogP contribution in [-0.4, -0.2) is 39.5 Å². The molecule has 0 radical (unpaired) electrons. The van der Waals surface area contributed by atoms with Crippen molar-refractivity contribution in [2.75, 3.05) is 29.5 Å². The second-order valence-corrected chi connectivity index (χ2v) is 7.43. The number of halogens is 1. The normalized spacial score (nSPS) is 14.6. The quantitative estimate of drug-likeness (QED) is 0.674. The van der Waals surface area contributed by atoms with Gasteiger partial charge in [0, 0.05) is 19.7 Å². The third kappa shape index (κ3) is 3.41. The number of carboxylic acids is 1. The molecule has 9 nitrogen and oxygen atoms in total. The minimum atomic E-state index is -3.77. The van der Waals surface area contributed by atoms with Crippen molar-refractivity contribution in [3.05, 3.63) is 47.5 Å². The number of hydrogen-bond acceptors (Lipinski definition) is 6. The van der Waals surface area contributed by atoms with E-state index in [0.29, 0.717) is 5.69 Å². The van der Waals surface area contributed by atoms with Gasteiger partial charge in [-0.1, -0.05) is 0 Å². The van der Waals surface area contributed by atoms with Crippen molar-refractivity contribution in [1.29, 1.82) is 0 Å². The smallest absolute Gasteiger partial charge is 0.337 e. The lowest BCUT2D eigenvalue weighted by atomic mass is 10.1. The Labute approximate surface area is 154 Å². The van der Waals surface area contributed by atoms with Gasteiger partial charge < -0.3 is 10.4 Å². The fraction of sp³-hybridized carbons (Fsp3) is 0.125. The summed E-state index contributed by atoms with van der Waals surface area (Å²) in [4.78, 5) is 26.1. The van der Waals surface area contributed by atoms with Gasteiger partial charge in [-0.25, -0.2) is 18.3 Å². The lowest BCUT2D eigenvalue weighted by Gasteiger charge is -2.13. The van der Waals surface area contributed by atoms with Crippen molar-refractivity contribution in [1.82, 2.24) is 4.83 Å². The van der Waals surface area contributed by atoms with Crippen molar-refractivity contribution in [3.8, 4) is 0 Å². The van der Waals surface area contributed by atoms with Gasteiger partial charge >= 0.3 is 5.97 Å². The third-order valence-corrected chi connectivity index (χ3v) is 5.39. The predicted octanol–water partition coefficient (Wildman–Crippen LogP) is 1.60. The van der Waals surface area contributed by atoms with Crippen LogP contribution in [0, 0.1) is 0 Å². The molecule has 1 aliphatic rings. The second-order valence-electron chi connectivity index (χ2n) is 5.80. The molecule has 0 aliphatic carbocycles. The van der Waals surface area contributed by atoms with Crippen molar-refractivity contribution < 1.29 is 27.6 Å². The highest BCUT2D eigenvalue weighted by Crippen LogP contribution is 2.31. The standard InChI is InChI=1S/C16H15FN4O5S/c1-20(17)10-4-5-12(11(8-10)16(23)24)18-15(22)9-3-6-13-14(7-9)27(25,26)19-21(13)2/h3-8,19H,1-2H3,(H,18,22)(H,23,24). The Morgan fingerprint density at radius 1 is 1.22 bits per heavy atom. The molecule has 142 valence electrons. The van der Waals surface area contributed by atoms with Gasteiger partial charge in [0.25, 0.3) is 15.9 Å². The van der Waals surface area contributed by atoms with Crippen LogP contribution in [0.4, 0.5) is 21.5 Å². The van der Waals surface area contributed by atoms with Crippen LogP contribution in [0.5, 0.6) is 0 Å². The molecule has 0 aromatic heterocycles. The highest BCUT2D eigenvalue weighted by Gasteiger charge is 2.30. The number of nitrogens with one attached hydrogen (secondary N) is 2. The SMILES string of the molecule is CN(F)c1ccc(NC(=O)c2ccc3c(c2)S(=O)(=O)NN3C)c(C(=O)O)c1. The molecule has 0 fully saturated rings. The molecular formula is C16H15FN4O5S. The fourth-order valence-electron chi connectivity index (χ4n) is 2.63. The molecule has 2 aromatic rings. The van der Waals surface area contributed by atoms with Gasteiger partial charge in [0.15, 0.2) is 0 Å². The molecule has 1 heterocycles. The highest BCUT2D eigenvalue weighted by molar-refractivity contribution is 7.90. The van der Waals surface area contributed by atoms with Gasteiger partial charge in [-0.2, -0.15) is 0 Å². The Bertz CT molecular complexity index is 1050. The zero-order valence-corrected chi connectivity index (χ0v) is 15.0. The molecule has 27 heavy (non-hydrogen) atoms. The molecule has 0 unspecified atom stereocenters. The van der Waals surface area contributed by atoms with E-state index < -0.39 is 21.9 Å². The van der Waals surface area contributed by atoms with Crippen LogP contribution in [0.2, 0.25) is 0 Å². The Morgan fingerprint density at radius 3 is 2.56 bits per heavy atom. The molecule has 3 rings (SSSR count). The zero-order chi connectivity index (χ0) is 19.9. The first-order chi connectivity index (χ1) is 12.6. The lowest BCUT2D eigenvalue weighted by molar-refractivity contribution is 0.0698. The van der Waals surface area contributed by atoms with Crippen molar-refractivity contribution in [3.63, 3.8) is 0 Å². The maximum absolute atomic E-state index is 13.3. The maximum Gasteiger partial charge on any atom is 0.337 e. The number of rotatable bonds is 4. The minimum absolute atomic E-state index is 0.00290. The van der Waals surface area contributed by atoms with E-state index in [1.54, 1.807) is 0 Å². The van der Waals surface area contributed by atoms with Gasteiger partial charge in [-0.3, -0.25) is 9.80 Å². The summed E-state index contributed by atoms with van der Waals surface area (Å²) in [5.74, 6) is -2.05. The van der Waals surface area contributed by atoms with Gasteiger partial charge in [-0.05, 0) is 36.4 Å². The van der Waals surface area contributed by atoms with Crippen LogP contribution < -0.4 is 20.3 Å². The molecule has 0 spiro atoms. The summed E-state index contributed by atoms with van der Waals surface area (Å²) in [5, 5.41) is 13.3. The summed E-state index contributed by atoms with van der Waals surface area (Å²) in [7, 11) is -1.14. The van der Waals surface area contributed by atoms with Crippen LogP contribution in [0.3, 0.4) is 0 Å². The molecule has 0 saturated heterocycles. The Morgan fingerprint density at radius 2 is 1.93 bits per heavy atom. The monoisotopic (exact) mass is 394 g/mol. The minimum Gasteiger partial charge on any atom is -0.478 e. The molecule has 0 bridgehead atoms. The largest absolute Gasteiger partial charge is 0.478 e. The molecular weight excluding hydrogens is 379 g/mol. The molecule has 2 aromatic carbocycles. The average molecular weight is 394 g/mol. The van der Waals surface area contributed by atoms with Crippen LogP contribution in [0.1, 0.15) is 20.7 Å². The van der Waals surface area contributed by atoms with E-state index in [1.165, 1.54) is 42.4 Å². The first-order valence-corrected chi connectivity index (χ1v) is 9.07. The number of aromatic carboxylic acids is 1. The number of carboxylic acid groups (broad SMARTS) is 1. The van der Waals surface area contributed by atoms with E-state index in [9.17, 15) is 27.6 Å². The van der Waals surface area contributed by atoms with Gasteiger partial charge in [0.05, 0.1) is 22.6 Å². The average Bonchev–Trinajstić information content (AvgIpc) is 2.83. The summed E-state index contributed by atoms with van der Waals surface area (Å²) < 4.78 is 37.3. The Hall–Kier alpha value is -3.18. The number of sulfonamides is 1. The highest BCUT2D eigenvalue weighted by atomic mass is 32.2. The summed E-state index contributed by atoms with van der Waals surface area (Å²) in [5.41, 5.74) is 0.0610. The first kappa shape index (κ1) is 18.6. The molecule has 0 saturated carbocycles. The zero-order valence-electron chi connectivity index (χ0n) is 14.2. The summed E-state index contributed by atoms with van der Waals surface area (Å²) in [6.45, 7) is 0. The number of amides is 1. The number of benzene rings is 2. The maximum atomic E-state index is 13.3. The Kier molecular flexibility index (Phi) is 4.49. The number of carbonyl (C=O) groups is 2. The van der Waals surface area contributed by atoms with Crippen LogP contribution in [-0.2, 0) is 10.0 Å². The van der Waals surface area contributed by atoms with Crippen LogP contribution >= 0.6 is 0 Å². The topological polar surface area (TPSA) is 119 Å². The number of anilines is 3. The van der Waals surface area contributed by atoms with Gasteiger partial charge in [0.2, 0.25) is 0 Å². The predicted molar refractivity (Wildman–Crippen MR) is 96.0 cm³/mol. The molecule has 1 aliphatic heterocycles. The summed E-state index contributed by atoms with van der Waals surface area (Å²) in [6, 6.07) is 7.70. The molecule has 11 heteroatoms. The molecule has 3 N–H and O–H groups in total. The second kappa shape index (κ2) is 6.52. The Balaban J connectivity index is 1.94. The fourth-order valence-corrected chi connectivity index (χ4v) is 3.95. The van der Waals surface area contributed by atoms with Crippen molar-refractivity contribution in [2.24, 2.45) is 0 Å². The third-order valence-electron chi connectivity index (χ3n) is 3.97. The first-order valence-electron chi connectivity index (χ1n) is 7.58. The number of hydrazine groups is 1. The van der Waals surface area contributed by atoms with E-state index in [0.717, 1.165) is 13.1 Å². The van der Waals surface area contributed by atoms with Gasteiger partial charge in [0.1, 0.15) is 4.90 Å². The van der Waals surface area contributed by atoms with Crippen molar-refractivity contribution >= 4 is 39.0 Å². The molecule has 1 amide bonds.